The summed E-state index contributed by atoms with van der Waals surface area (Å²) < 4.78 is 43.0. The molecule has 0 saturated carbocycles. The van der Waals surface area contributed by atoms with Crippen molar-refractivity contribution < 1.29 is 17.7 Å². The predicted octanol–water partition coefficient (Wildman–Crippen LogP) is 4.48. The first-order chi connectivity index (χ1) is 9.54. The Kier molecular flexibility index (Phi) is 3.06. The van der Waals surface area contributed by atoms with Gasteiger partial charge in [0.1, 0.15) is 0 Å². The predicted molar refractivity (Wildman–Crippen MR) is 68.0 cm³/mol. The molecule has 0 N–H and O–H groups in total. The Morgan fingerprint density at radius 3 is 2.65 bits per heavy atom. The summed E-state index contributed by atoms with van der Waals surface area (Å²) in [4.78, 5) is 4.91. The molecule has 7 heteroatoms. The first kappa shape index (κ1) is 12.9. The number of hydrogen-bond acceptors (Lipinski definition) is 4. The molecule has 0 atom stereocenters. The second kappa shape index (κ2) is 4.75. The second-order valence-corrected chi connectivity index (χ2v) is 4.93. The van der Waals surface area contributed by atoms with Gasteiger partial charge in [-0.2, -0.15) is 18.2 Å². The van der Waals surface area contributed by atoms with Crippen molar-refractivity contribution in [2.24, 2.45) is 0 Å². The van der Waals surface area contributed by atoms with Gasteiger partial charge in [-0.15, -0.1) is 11.3 Å². The first-order valence-electron chi connectivity index (χ1n) is 5.59. The highest BCUT2D eigenvalue weighted by Crippen LogP contribution is 2.32. The molecule has 0 aliphatic rings. The summed E-state index contributed by atoms with van der Waals surface area (Å²) >= 11 is 1.43. The summed E-state index contributed by atoms with van der Waals surface area (Å²) in [6, 6.07) is 8.45. The summed E-state index contributed by atoms with van der Waals surface area (Å²) in [6.07, 6.45) is -4.40. The number of thiophene rings is 1. The van der Waals surface area contributed by atoms with E-state index in [9.17, 15) is 13.2 Å². The van der Waals surface area contributed by atoms with E-state index in [2.05, 4.69) is 10.1 Å². The van der Waals surface area contributed by atoms with Crippen LogP contribution >= 0.6 is 11.3 Å². The van der Waals surface area contributed by atoms with E-state index >= 15 is 0 Å². The molecule has 3 rings (SSSR count). The highest BCUT2D eigenvalue weighted by atomic mass is 32.1. The van der Waals surface area contributed by atoms with Gasteiger partial charge in [0.15, 0.2) is 0 Å². The summed E-state index contributed by atoms with van der Waals surface area (Å²) in [7, 11) is 0. The van der Waals surface area contributed by atoms with Crippen molar-refractivity contribution in [2.75, 3.05) is 0 Å². The third kappa shape index (κ3) is 2.44. The van der Waals surface area contributed by atoms with E-state index in [1.54, 1.807) is 0 Å². The van der Waals surface area contributed by atoms with Gasteiger partial charge in [-0.05, 0) is 29.6 Å². The van der Waals surface area contributed by atoms with Crippen LogP contribution in [0.2, 0.25) is 0 Å². The van der Waals surface area contributed by atoms with Crippen LogP contribution < -0.4 is 0 Å². The Hall–Kier alpha value is -2.15. The molecule has 0 aliphatic heterocycles. The van der Waals surface area contributed by atoms with Crippen LogP contribution in [0.3, 0.4) is 0 Å². The molecule has 1 aromatic carbocycles. The van der Waals surface area contributed by atoms with Gasteiger partial charge in [-0.1, -0.05) is 17.3 Å². The van der Waals surface area contributed by atoms with Gasteiger partial charge in [0.25, 0.3) is 5.89 Å². The quantitative estimate of drug-likeness (QED) is 0.699. The molecule has 102 valence electrons. The monoisotopic (exact) mass is 296 g/mol. The van der Waals surface area contributed by atoms with Crippen LogP contribution in [0.1, 0.15) is 5.56 Å². The number of rotatable bonds is 2. The maximum atomic E-state index is 12.6. The Labute approximate surface area is 115 Å². The zero-order chi connectivity index (χ0) is 14.2. The third-order valence-electron chi connectivity index (χ3n) is 2.60. The molecule has 2 aromatic heterocycles. The number of hydrogen-bond donors (Lipinski definition) is 0. The van der Waals surface area contributed by atoms with Crippen LogP contribution in [-0.2, 0) is 6.18 Å². The first-order valence-corrected chi connectivity index (χ1v) is 6.47. The molecule has 0 saturated heterocycles. The molecule has 3 aromatic rings. The van der Waals surface area contributed by atoms with Crippen LogP contribution in [0.25, 0.3) is 22.2 Å². The molecule has 0 unspecified atom stereocenters. The van der Waals surface area contributed by atoms with E-state index < -0.39 is 11.7 Å². The number of benzene rings is 1. The van der Waals surface area contributed by atoms with E-state index in [1.807, 2.05) is 17.5 Å². The molecule has 2 heterocycles. The highest BCUT2D eigenvalue weighted by molar-refractivity contribution is 7.13. The van der Waals surface area contributed by atoms with E-state index in [4.69, 9.17) is 4.52 Å². The number of aromatic nitrogens is 2. The Balaban J connectivity index is 1.98. The SMILES string of the molecule is FC(F)(F)c1cccc(-c2nc(-c3cccs3)no2)c1. The Bertz CT molecular complexity index is 719. The highest BCUT2D eigenvalue weighted by Gasteiger charge is 2.30. The molecule has 0 aliphatic carbocycles. The molecular weight excluding hydrogens is 289 g/mol. The average Bonchev–Trinajstić information content (AvgIpc) is 3.09. The van der Waals surface area contributed by atoms with Crippen molar-refractivity contribution in [2.45, 2.75) is 6.18 Å². The molecule has 20 heavy (non-hydrogen) atoms. The normalized spacial score (nSPS) is 11.8. The summed E-state index contributed by atoms with van der Waals surface area (Å²) in [5.41, 5.74) is -0.499. The molecule has 0 radical (unpaired) electrons. The molecule has 0 amide bonds. The van der Waals surface area contributed by atoms with E-state index in [1.165, 1.54) is 23.5 Å². The lowest BCUT2D eigenvalue weighted by Gasteiger charge is -2.06. The number of alkyl halides is 3. The fraction of sp³-hybridized carbons (Fsp3) is 0.0769. The average molecular weight is 296 g/mol. The van der Waals surface area contributed by atoms with Crippen molar-refractivity contribution in [1.29, 1.82) is 0 Å². The zero-order valence-corrected chi connectivity index (χ0v) is 10.7. The molecule has 3 nitrogen and oxygen atoms in total. The lowest BCUT2D eigenvalue weighted by atomic mass is 10.1. The van der Waals surface area contributed by atoms with Gasteiger partial charge in [-0.25, -0.2) is 0 Å². The van der Waals surface area contributed by atoms with Crippen LogP contribution in [0.5, 0.6) is 0 Å². The molecule has 0 fully saturated rings. The summed E-state index contributed by atoms with van der Waals surface area (Å²) in [5, 5.41) is 5.63. The van der Waals surface area contributed by atoms with Crippen LogP contribution in [0.15, 0.2) is 46.3 Å². The van der Waals surface area contributed by atoms with Gasteiger partial charge in [0.05, 0.1) is 10.4 Å². The van der Waals surface area contributed by atoms with E-state index in [0.29, 0.717) is 5.82 Å². The lowest BCUT2D eigenvalue weighted by Crippen LogP contribution is -2.04. The van der Waals surface area contributed by atoms with Crippen molar-refractivity contribution >= 4 is 11.3 Å². The summed E-state index contributed by atoms with van der Waals surface area (Å²) in [5.74, 6) is 0.437. The van der Waals surface area contributed by atoms with Crippen molar-refractivity contribution in [3.8, 4) is 22.2 Å². The lowest BCUT2D eigenvalue weighted by molar-refractivity contribution is -0.137. The standard InChI is InChI=1S/C13H7F3N2OS/c14-13(15,16)9-4-1-3-8(7-9)12-17-11(18-19-12)10-5-2-6-20-10/h1-7H. The smallest absolute Gasteiger partial charge is 0.334 e. The minimum Gasteiger partial charge on any atom is -0.334 e. The van der Waals surface area contributed by atoms with Crippen molar-refractivity contribution in [3.05, 3.63) is 47.3 Å². The van der Waals surface area contributed by atoms with Gasteiger partial charge in [-0.3, -0.25) is 0 Å². The van der Waals surface area contributed by atoms with Crippen LogP contribution in [0, 0.1) is 0 Å². The fourth-order valence-electron chi connectivity index (χ4n) is 1.68. The van der Waals surface area contributed by atoms with Gasteiger partial charge in [0, 0.05) is 5.56 Å². The largest absolute Gasteiger partial charge is 0.416 e. The minimum absolute atomic E-state index is 0.0690. The number of halogens is 3. The van der Waals surface area contributed by atoms with Crippen LogP contribution in [-0.4, -0.2) is 10.1 Å². The van der Waals surface area contributed by atoms with Crippen molar-refractivity contribution in [3.63, 3.8) is 0 Å². The fourth-order valence-corrected chi connectivity index (χ4v) is 2.32. The second-order valence-electron chi connectivity index (χ2n) is 3.98. The van der Waals surface area contributed by atoms with Gasteiger partial charge in [0.2, 0.25) is 5.82 Å². The number of nitrogens with zero attached hydrogens (tertiary/aromatic N) is 2. The molecular formula is C13H7F3N2OS. The third-order valence-corrected chi connectivity index (χ3v) is 3.47. The Morgan fingerprint density at radius 1 is 1.10 bits per heavy atom. The zero-order valence-electron chi connectivity index (χ0n) is 9.89. The van der Waals surface area contributed by atoms with Gasteiger partial charge < -0.3 is 4.52 Å². The maximum absolute atomic E-state index is 12.6. The minimum atomic E-state index is -4.40. The topological polar surface area (TPSA) is 38.9 Å². The summed E-state index contributed by atoms with van der Waals surface area (Å²) in [6.45, 7) is 0. The maximum Gasteiger partial charge on any atom is 0.416 e. The van der Waals surface area contributed by atoms with Gasteiger partial charge >= 0.3 is 6.18 Å². The van der Waals surface area contributed by atoms with E-state index in [0.717, 1.165) is 17.0 Å². The molecule has 0 bridgehead atoms. The Morgan fingerprint density at radius 2 is 1.95 bits per heavy atom. The van der Waals surface area contributed by atoms with Crippen LogP contribution in [0.4, 0.5) is 13.2 Å². The molecule has 0 spiro atoms. The van der Waals surface area contributed by atoms with E-state index in [-0.39, 0.29) is 11.5 Å². The van der Waals surface area contributed by atoms with Crippen molar-refractivity contribution in [1.82, 2.24) is 10.1 Å².